The molecule has 0 aliphatic heterocycles. The Morgan fingerprint density at radius 1 is 0.938 bits per heavy atom. The molecule has 0 unspecified atom stereocenters. The molecule has 0 amide bonds. The van der Waals surface area contributed by atoms with Gasteiger partial charge in [0.15, 0.2) is 0 Å². The Balaban J connectivity index is 2.40. The maximum Gasteiger partial charge on any atom is 0.0352 e. The van der Waals surface area contributed by atoms with Gasteiger partial charge in [0, 0.05) is 29.9 Å². The molecule has 0 aliphatic rings. The third kappa shape index (κ3) is 1.48. The molecule has 2 heteroatoms. The van der Waals surface area contributed by atoms with Crippen LogP contribution in [0.25, 0.3) is 20.2 Å². The van der Waals surface area contributed by atoms with E-state index in [2.05, 4.69) is 45.0 Å². The first-order chi connectivity index (χ1) is 7.65. The highest BCUT2D eigenvalue weighted by Crippen LogP contribution is 2.37. The Kier molecular flexibility index (Phi) is 2.30. The quantitative estimate of drug-likeness (QED) is 0.528. The van der Waals surface area contributed by atoms with Gasteiger partial charge >= 0.3 is 0 Å². The van der Waals surface area contributed by atoms with Crippen LogP contribution in [0.1, 0.15) is 29.5 Å². The molecular formula is C14H14S2. The summed E-state index contributed by atoms with van der Waals surface area (Å²) in [4.78, 5) is 2.89. The zero-order valence-corrected chi connectivity index (χ0v) is 11.3. The molecule has 0 fully saturated rings. The van der Waals surface area contributed by atoms with Crippen LogP contribution >= 0.6 is 22.7 Å². The van der Waals surface area contributed by atoms with E-state index < -0.39 is 0 Å². The van der Waals surface area contributed by atoms with Gasteiger partial charge < -0.3 is 0 Å². The SMILES string of the molecule is Cc1cc2c(ccc3sc(C(C)C)cc32)s1. The van der Waals surface area contributed by atoms with Gasteiger partial charge in [0.25, 0.3) is 0 Å². The predicted molar refractivity (Wildman–Crippen MR) is 76.0 cm³/mol. The molecule has 0 saturated carbocycles. The van der Waals surface area contributed by atoms with E-state index in [-0.39, 0.29) is 0 Å². The molecule has 0 N–H and O–H groups in total. The number of benzene rings is 1. The third-order valence-corrected chi connectivity index (χ3v) is 5.33. The van der Waals surface area contributed by atoms with Crippen molar-refractivity contribution in [2.45, 2.75) is 26.7 Å². The van der Waals surface area contributed by atoms with Crippen LogP contribution in [-0.4, -0.2) is 0 Å². The zero-order valence-electron chi connectivity index (χ0n) is 9.70. The first kappa shape index (κ1) is 10.3. The summed E-state index contributed by atoms with van der Waals surface area (Å²) in [5, 5.41) is 2.87. The summed E-state index contributed by atoms with van der Waals surface area (Å²) in [6.45, 7) is 6.72. The maximum absolute atomic E-state index is 2.37. The van der Waals surface area contributed by atoms with Gasteiger partial charge in [-0.1, -0.05) is 13.8 Å². The predicted octanol–water partition coefficient (Wildman–Crippen LogP) is 5.55. The highest BCUT2D eigenvalue weighted by atomic mass is 32.1. The summed E-state index contributed by atoms with van der Waals surface area (Å²) < 4.78 is 2.84. The number of hydrogen-bond acceptors (Lipinski definition) is 2. The van der Waals surface area contributed by atoms with Gasteiger partial charge in [0.05, 0.1) is 0 Å². The van der Waals surface area contributed by atoms with Crippen LogP contribution in [0.4, 0.5) is 0 Å². The largest absolute Gasteiger partial charge is 0.141 e. The van der Waals surface area contributed by atoms with E-state index in [0.717, 1.165) is 0 Å². The summed E-state index contributed by atoms with van der Waals surface area (Å²) in [7, 11) is 0. The first-order valence-corrected chi connectivity index (χ1v) is 7.21. The number of hydrogen-bond donors (Lipinski definition) is 0. The molecule has 3 aromatic rings. The fraction of sp³-hybridized carbons (Fsp3) is 0.286. The molecule has 0 bridgehead atoms. The van der Waals surface area contributed by atoms with E-state index in [4.69, 9.17) is 0 Å². The molecule has 16 heavy (non-hydrogen) atoms. The van der Waals surface area contributed by atoms with Gasteiger partial charge in [0.1, 0.15) is 0 Å². The molecule has 0 saturated heterocycles. The molecular weight excluding hydrogens is 232 g/mol. The Hall–Kier alpha value is -0.860. The number of aryl methyl sites for hydroxylation is 1. The number of fused-ring (bicyclic) bond motifs is 3. The van der Waals surface area contributed by atoms with Crippen LogP contribution in [0, 0.1) is 6.92 Å². The highest BCUT2D eigenvalue weighted by molar-refractivity contribution is 7.21. The minimum Gasteiger partial charge on any atom is -0.141 e. The molecule has 2 aromatic heterocycles. The third-order valence-electron chi connectivity index (χ3n) is 2.91. The standard InChI is InChI=1S/C14H14S2/c1-8(2)14-7-11-10-6-9(3)15-12(10)4-5-13(11)16-14/h4-8H,1-3H3. The van der Waals surface area contributed by atoms with E-state index in [1.807, 2.05) is 22.7 Å². The van der Waals surface area contributed by atoms with Gasteiger partial charge in [-0.15, -0.1) is 22.7 Å². The van der Waals surface area contributed by atoms with Crippen molar-refractivity contribution >= 4 is 42.8 Å². The second-order valence-electron chi connectivity index (χ2n) is 4.55. The van der Waals surface area contributed by atoms with Gasteiger partial charge in [-0.05, 0) is 37.1 Å². The molecule has 3 rings (SSSR count). The van der Waals surface area contributed by atoms with Crippen molar-refractivity contribution in [3.8, 4) is 0 Å². The van der Waals surface area contributed by atoms with Crippen LogP contribution in [0.2, 0.25) is 0 Å². The lowest BCUT2D eigenvalue weighted by Crippen LogP contribution is -1.77. The Labute approximate surface area is 104 Å². The van der Waals surface area contributed by atoms with E-state index in [1.54, 1.807) is 0 Å². The first-order valence-electron chi connectivity index (χ1n) is 5.58. The zero-order chi connectivity index (χ0) is 11.3. The fourth-order valence-electron chi connectivity index (χ4n) is 2.06. The molecule has 0 aliphatic carbocycles. The molecule has 0 nitrogen and oxygen atoms in total. The lowest BCUT2D eigenvalue weighted by Gasteiger charge is -1.96. The van der Waals surface area contributed by atoms with Crippen molar-refractivity contribution in [3.63, 3.8) is 0 Å². The van der Waals surface area contributed by atoms with Crippen molar-refractivity contribution in [2.24, 2.45) is 0 Å². The van der Waals surface area contributed by atoms with Crippen molar-refractivity contribution < 1.29 is 0 Å². The van der Waals surface area contributed by atoms with Crippen LogP contribution in [0.3, 0.4) is 0 Å². The molecule has 0 radical (unpaired) electrons. The molecule has 2 heterocycles. The smallest absolute Gasteiger partial charge is 0.0352 e. The van der Waals surface area contributed by atoms with E-state index in [1.165, 1.54) is 29.9 Å². The average Bonchev–Trinajstić information content (AvgIpc) is 2.77. The number of rotatable bonds is 1. The van der Waals surface area contributed by atoms with Crippen molar-refractivity contribution in [3.05, 3.63) is 34.0 Å². The lowest BCUT2D eigenvalue weighted by atomic mass is 10.1. The van der Waals surface area contributed by atoms with Gasteiger partial charge in [-0.25, -0.2) is 0 Å². The normalized spacial score (nSPS) is 12.0. The fourth-order valence-corrected chi connectivity index (χ4v) is 4.08. The Bertz CT molecular complexity index is 656. The van der Waals surface area contributed by atoms with E-state index >= 15 is 0 Å². The van der Waals surface area contributed by atoms with Crippen LogP contribution in [0.5, 0.6) is 0 Å². The summed E-state index contributed by atoms with van der Waals surface area (Å²) in [6.07, 6.45) is 0. The molecule has 0 atom stereocenters. The van der Waals surface area contributed by atoms with Crippen molar-refractivity contribution in [2.75, 3.05) is 0 Å². The van der Waals surface area contributed by atoms with Gasteiger partial charge in [0.2, 0.25) is 0 Å². The van der Waals surface area contributed by atoms with E-state index in [9.17, 15) is 0 Å². The summed E-state index contributed by atoms with van der Waals surface area (Å²) in [5.41, 5.74) is 0. The second kappa shape index (κ2) is 3.57. The van der Waals surface area contributed by atoms with Crippen molar-refractivity contribution in [1.82, 2.24) is 0 Å². The minimum atomic E-state index is 0.632. The van der Waals surface area contributed by atoms with Crippen LogP contribution in [0.15, 0.2) is 24.3 Å². The lowest BCUT2D eigenvalue weighted by molar-refractivity contribution is 0.890. The highest BCUT2D eigenvalue weighted by Gasteiger charge is 2.09. The summed E-state index contributed by atoms with van der Waals surface area (Å²) in [6, 6.07) is 9.22. The van der Waals surface area contributed by atoms with Gasteiger partial charge in [-0.3, -0.25) is 0 Å². The summed E-state index contributed by atoms with van der Waals surface area (Å²) in [5.74, 6) is 0.632. The molecule has 82 valence electrons. The summed E-state index contributed by atoms with van der Waals surface area (Å²) >= 11 is 3.82. The second-order valence-corrected chi connectivity index (χ2v) is 6.95. The molecule has 0 spiro atoms. The Morgan fingerprint density at radius 3 is 2.25 bits per heavy atom. The number of thiophene rings is 2. The molecule has 1 aromatic carbocycles. The van der Waals surface area contributed by atoms with Crippen molar-refractivity contribution in [1.29, 1.82) is 0 Å². The average molecular weight is 246 g/mol. The van der Waals surface area contributed by atoms with Gasteiger partial charge in [-0.2, -0.15) is 0 Å². The van der Waals surface area contributed by atoms with Crippen LogP contribution in [-0.2, 0) is 0 Å². The topological polar surface area (TPSA) is 0 Å². The van der Waals surface area contributed by atoms with Crippen LogP contribution < -0.4 is 0 Å². The monoisotopic (exact) mass is 246 g/mol. The van der Waals surface area contributed by atoms with E-state index in [0.29, 0.717) is 5.92 Å². The minimum absolute atomic E-state index is 0.632. The maximum atomic E-state index is 2.37. The Morgan fingerprint density at radius 2 is 1.56 bits per heavy atom.